The van der Waals surface area contributed by atoms with Crippen molar-refractivity contribution in [1.29, 1.82) is 0 Å². The summed E-state index contributed by atoms with van der Waals surface area (Å²) in [6.45, 7) is 0.597. The Balaban J connectivity index is 2.02. The fourth-order valence-electron chi connectivity index (χ4n) is 2.38. The normalized spacial score (nSPS) is 18.0. The number of ether oxygens (including phenoxy) is 1. The third-order valence-electron chi connectivity index (χ3n) is 3.58. The highest BCUT2D eigenvalue weighted by atomic mass is 35.5. The summed E-state index contributed by atoms with van der Waals surface area (Å²) in [4.78, 5) is 37.0. The van der Waals surface area contributed by atoms with Gasteiger partial charge in [-0.05, 0) is 18.2 Å². The van der Waals surface area contributed by atoms with E-state index in [4.69, 9.17) is 11.6 Å². The van der Waals surface area contributed by atoms with Gasteiger partial charge in [0.2, 0.25) is 11.8 Å². The minimum Gasteiger partial charge on any atom is -0.469 e. The Hall–Kier alpha value is -2.19. The highest BCUT2D eigenvalue weighted by Gasteiger charge is 2.33. The van der Waals surface area contributed by atoms with Crippen LogP contribution in [0.2, 0.25) is 5.02 Å². The molecule has 1 heterocycles. The lowest BCUT2D eigenvalue weighted by Gasteiger charge is -2.33. The van der Waals surface area contributed by atoms with Gasteiger partial charge in [-0.25, -0.2) is 4.39 Å². The molecule has 0 saturated carbocycles. The van der Waals surface area contributed by atoms with Crippen molar-refractivity contribution in [3.05, 3.63) is 29.0 Å². The van der Waals surface area contributed by atoms with Crippen LogP contribution in [0.4, 0.5) is 10.1 Å². The maximum Gasteiger partial charge on any atom is 0.307 e. The number of piperazine rings is 1. The van der Waals surface area contributed by atoms with Crippen molar-refractivity contribution >= 4 is 35.1 Å². The molecule has 9 heteroatoms. The van der Waals surface area contributed by atoms with Crippen LogP contribution in [-0.4, -0.2) is 55.5 Å². The lowest BCUT2D eigenvalue weighted by Crippen LogP contribution is -2.57. The fraction of sp³-hybridized carbons (Fsp3) is 0.400. The molecule has 1 fully saturated rings. The molecule has 1 aromatic carbocycles. The number of nitrogens with one attached hydrogen (secondary N) is 2. The average Bonchev–Trinajstić information content (AvgIpc) is 2.53. The first-order valence-electron chi connectivity index (χ1n) is 7.24. The number of carbonyl (C=O) groups is 3. The van der Waals surface area contributed by atoms with Crippen molar-refractivity contribution in [3.63, 3.8) is 0 Å². The van der Waals surface area contributed by atoms with Gasteiger partial charge in [-0.2, -0.15) is 0 Å². The first-order valence-corrected chi connectivity index (χ1v) is 7.62. The van der Waals surface area contributed by atoms with Crippen LogP contribution in [0.5, 0.6) is 0 Å². The lowest BCUT2D eigenvalue weighted by molar-refractivity contribution is -0.146. The number of benzene rings is 1. The Morgan fingerprint density at radius 1 is 1.50 bits per heavy atom. The van der Waals surface area contributed by atoms with E-state index in [1.807, 2.05) is 0 Å². The molecule has 1 aliphatic heterocycles. The Morgan fingerprint density at radius 2 is 2.25 bits per heavy atom. The number of carbonyl (C=O) groups excluding carboxylic acids is 3. The van der Waals surface area contributed by atoms with Crippen LogP contribution < -0.4 is 10.6 Å². The van der Waals surface area contributed by atoms with Gasteiger partial charge < -0.3 is 15.4 Å². The van der Waals surface area contributed by atoms with Crippen LogP contribution in [0.1, 0.15) is 6.42 Å². The number of hydrogen-bond donors (Lipinski definition) is 2. The summed E-state index contributed by atoms with van der Waals surface area (Å²) in [7, 11) is 1.23. The van der Waals surface area contributed by atoms with Crippen molar-refractivity contribution in [2.24, 2.45) is 0 Å². The predicted octanol–water partition coefficient (Wildman–Crippen LogP) is 0.781. The second-order valence-electron chi connectivity index (χ2n) is 5.23. The molecule has 1 aliphatic rings. The van der Waals surface area contributed by atoms with Crippen LogP contribution in [0.25, 0.3) is 0 Å². The van der Waals surface area contributed by atoms with E-state index in [1.54, 1.807) is 4.90 Å². The molecule has 2 amide bonds. The molecule has 2 rings (SSSR count). The maximum atomic E-state index is 13.7. The van der Waals surface area contributed by atoms with Gasteiger partial charge in [-0.15, -0.1) is 0 Å². The molecule has 0 radical (unpaired) electrons. The smallest absolute Gasteiger partial charge is 0.307 e. The molecule has 1 saturated heterocycles. The van der Waals surface area contributed by atoms with Gasteiger partial charge in [0.1, 0.15) is 11.9 Å². The Morgan fingerprint density at radius 3 is 2.92 bits per heavy atom. The first-order chi connectivity index (χ1) is 11.4. The van der Waals surface area contributed by atoms with E-state index in [2.05, 4.69) is 15.4 Å². The van der Waals surface area contributed by atoms with Gasteiger partial charge in [0, 0.05) is 18.1 Å². The highest BCUT2D eigenvalue weighted by Crippen LogP contribution is 2.19. The van der Waals surface area contributed by atoms with E-state index in [0.717, 1.165) is 6.07 Å². The van der Waals surface area contributed by atoms with Gasteiger partial charge >= 0.3 is 5.97 Å². The van der Waals surface area contributed by atoms with Gasteiger partial charge in [0.05, 0.1) is 25.8 Å². The van der Waals surface area contributed by atoms with Crippen LogP contribution in [0, 0.1) is 5.82 Å². The number of rotatable bonds is 5. The maximum absolute atomic E-state index is 13.7. The number of esters is 1. The molecule has 2 N–H and O–H groups in total. The molecule has 130 valence electrons. The number of amides is 2. The Labute approximate surface area is 143 Å². The number of halogens is 2. The second kappa shape index (κ2) is 8.07. The number of methoxy groups -OCH3 is 1. The van der Waals surface area contributed by atoms with Crippen molar-refractivity contribution in [3.8, 4) is 0 Å². The Bertz CT molecular complexity index is 656. The second-order valence-corrected chi connectivity index (χ2v) is 5.67. The fourth-order valence-corrected chi connectivity index (χ4v) is 2.54. The summed E-state index contributed by atoms with van der Waals surface area (Å²) in [5.41, 5.74) is -0.00428. The van der Waals surface area contributed by atoms with E-state index < -0.39 is 23.7 Å². The summed E-state index contributed by atoms with van der Waals surface area (Å²) in [5, 5.41) is 5.28. The lowest BCUT2D eigenvalue weighted by atomic mass is 10.1. The molecule has 0 bridgehead atoms. The van der Waals surface area contributed by atoms with Crippen LogP contribution in [0.15, 0.2) is 18.2 Å². The van der Waals surface area contributed by atoms with E-state index in [1.165, 1.54) is 19.2 Å². The van der Waals surface area contributed by atoms with Crippen LogP contribution in [-0.2, 0) is 19.1 Å². The zero-order valence-electron chi connectivity index (χ0n) is 13.0. The van der Waals surface area contributed by atoms with E-state index >= 15 is 0 Å². The number of nitrogens with zero attached hydrogens (tertiary/aromatic N) is 1. The average molecular weight is 358 g/mol. The third-order valence-corrected chi connectivity index (χ3v) is 3.82. The molecule has 0 unspecified atom stereocenters. The first kappa shape index (κ1) is 18.2. The van der Waals surface area contributed by atoms with Crippen molar-refractivity contribution in [2.75, 3.05) is 32.1 Å². The summed E-state index contributed by atoms with van der Waals surface area (Å²) < 4.78 is 18.3. The predicted molar refractivity (Wildman–Crippen MR) is 85.0 cm³/mol. The summed E-state index contributed by atoms with van der Waals surface area (Å²) in [5.74, 6) is -2.05. The quantitative estimate of drug-likeness (QED) is 0.760. The Kier molecular flexibility index (Phi) is 6.10. The zero-order valence-corrected chi connectivity index (χ0v) is 13.7. The molecule has 1 aromatic rings. The van der Waals surface area contributed by atoms with Crippen LogP contribution >= 0.6 is 11.6 Å². The molecule has 0 spiro atoms. The zero-order chi connectivity index (χ0) is 17.7. The van der Waals surface area contributed by atoms with Gasteiger partial charge in [0.25, 0.3) is 0 Å². The molecule has 24 heavy (non-hydrogen) atoms. The monoisotopic (exact) mass is 357 g/mol. The highest BCUT2D eigenvalue weighted by molar-refractivity contribution is 6.30. The molecule has 0 aliphatic carbocycles. The minimum atomic E-state index is -0.799. The molecule has 1 atom stereocenters. The van der Waals surface area contributed by atoms with E-state index in [-0.39, 0.29) is 29.6 Å². The van der Waals surface area contributed by atoms with Crippen molar-refractivity contribution in [1.82, 2.24) is 10.2 Å². The number of anilines is 1. The summed E-state index contributed by atoms with van der Waals surface area (Å²) in [6, 6.07) is 3.09. The van der Waals surface area contributed by atoms with Crippen LogP contribution in [0.3, 0.4) is 0 Å². The topological polar surface area (TPSA) is 87.7 Å². The molecule has 0 aromatic heterocycles. The molecule has 7 nitrogen and oxygen atoms in total. The number of hydrogen-bond acceptors (Lipinski definition) is 5. The van der Waals surface area contributed by atoms with Crippen molar-refractivity contribution in [2.45, 2.75) is 12.5 Å². The molecular formula is C15H17ClFN3O4. The minimum absolute atomic E-state index is 0.00428. The van der Waals surface area contributed by atoms with Gasteiger partial charge in [-0.3, -0.25) is 19.3 Å². The largest absolute Gasteiger partial charge is 0.469 e. The van der Waals surface area contributed by atoms with Gasteiger partial charge in [0.15, 0.2) is 0 Å². The summed E-state index contributed by atoms with van der Waals surface area (Å²) >= 11 is 5.66. The van der Waals surface area contributed by atoms with Crippen molar-refractivity contribution < 1.29 is 23.5 Å². The molecular weight excluding hydrogens is 341 g/mol. The SMILES string of the molecule is COC(=O)C[C@@H]1C(=O)NCCN1CC(=O)Nc1ccc(Cl)cc1F. The summed E-state index contributed by atoms with van der Waals surface area (Å²) in [6.07, 6.45) is -0.162. The van der Waals surface area contributed by atoms with Gasteiger partial charge in [-0.1, -0.05) is 11.6 Å². The third kappa shape index (κ3) is 4.65. The van der Waals surface area contributed by atoms with E-state index in [0.29, 0.717) is 13.1 Å². The van der Waals surface area contributed by atoms with E-state index in [9.17, 15) is 18.8 Å². The standard InChI is InChI=1S/C15H17ClFN3O4/c1-24-14(22)7-12-15(23)18-4-5-20(12)8-13(21)19-11-3-2-9(16)6-10(11)17/h2-3,6,12H,4-5,7-8H2,1H3,(H,18,23)(H,19,21)/t12-/m1/s1.